The third-order valence-corrected chi connectivity index (χ3v) is 8.13. The monoisotopic (exact) mass is 246 g/mol. The summed E-state index contributed by atoms with van der Waals surface area (Å²) in [5.74, 6) is 0. The van der Waals surface area contributed by atoms with Crippen LogP contribution in [0.2, 0.25) is 18.1 Å². The first-order chi connectivity index (χ1) is 7.83. The van der Waals surface area contributed by atoms with Crippen molar-refractivity contribution in [2.24, 2.45) is 0 Å². The maximum atomic E-state index is 8.84. The molecule has 1 aliphatic rings. The van der Waals surface area contributed by atoms with E-state index >= 15 is 0 Å². The van der Waals surface area contributed by atoms with Crippen molar-refractivity contribution in [1.29, 1.82) is 0 Å². The number of unbranched alkanes of at least 4 members (excludes halogenated alkanes) is 2. The van der Waals surface area contributed by atoms with Gasteiger partial charge in [0, 0.05) is 19.8 Å². The zero-order valence-electron chi connectivity index (χ0n) is 10.3. The second-order valence-electron chi connectivity index (χ2n) is 4.85. The number of hydrogen-bond donors (Lipinski definition) is 2. The molecule has 3 nitrogen and oxygen atoms in total. The summed E-state index contributed by atoms with van der Waals surface area (Å²) >= 11 is 0. The Morgan fingerprint density at radius 2 is 1.50 bits per heavy atom. The van der Waals surface area contributed by atoms with Gasteiger partial charge in [0.1, 0.15) is 0 Å². The van der Waals surface area contributed by atoms with Gasteiger partial charge >= 0.3 is 0 Å². The van der Waals surface area contributed by atoms with E-state index < -0.39 is 8.32 Å². The topological polar surface area (TPSA) is 49.7 Å². The van der Waals surface area contributed by atoms with Crippen LogP contribution in [-0.4, -0.2) is 38.4 Å². The minimum Gasteiger partial charge on any atom is -0.417 e. The summed E-state index contributed by atoms with van der Waals surface area (Å²) < 4.78 is 6.13. The molecule has 0 spiro atoms. The Morgan fingerprint density at radius 1 is 0.875 bits per heavy atom. The zero-order valence-corrected chi connectivity index (χ0v) is 11.3. The molecule has 1 rings (SSSR count). The van der Waals surface area contributed by atoms with Crippen LogP contribution in [0.5, 0.6) is 0 Å². The average molecular weight is 246 g/mol. The molecule has 4 heteroatoms. The predicted octanol–water partition coefficient (Wildman–Crippen LogP) is 2.29. The van der Waals surface area contributed by atoms with Gasteiger partial charge in [-0.1, -0.05) is 19.3 Å². The highest BCUT2D eigenvalue weighted by molar-refractivity contribution is 6.73. The van der Waals surface area contributed by atoms with Crippen LogP contribution >= 0.6 is 0 Å². The lowest BCUT2D eigenvalue weighted by Crippen LogP contribution is -2.41. The summed E-state index contributed by atoms with van der Waals surface area (Å²) in [5, 5.41) is 17.7. The highest BCUT2D eigenvalue weighted by Gasteiger charge is 2.35. The van der Waals surface area contributed by atoms with E-state index in [9.17, 15) is 0 Å². The first kappa shape index (κ1) is 14.2. The molecule has 96 valence electrons. The van der Waals surface area contributed by atoms with Crippen molar-refractivity contribution < 1.29 is 14.6 Å². The van der Waals surface area contributed by atoms with E-state index in [1.54, 1.807) is 0 Å². The van der Waals surface area contributed by atoms with Gasteiger partial charge in [-0.05, 0) is 37.4 Å². The summed E-state index contributed by atoms with van der Waals surface area (Å²) in [6.07, 6.45) is 6.60. The fraction of sp³-hybridized carbons (Fsp3) is 1.00. The highest BCUT2D eigenvalue weighted by atomic mass is 28.4. The fourth-order valence-electron chi connectivity index (χ4n) is 2.55. The first-order valence-electron chi connectivity index (χ1n) is 6.69. The molecule has 0 aliphatic carbocycles. The number of aliphatic hydroxyl groups is 2. The molecule has 0 bridgehead atoms. The van der Waals surface area contributed by atoms with E-state index in [0.29, 0.717) is 13.2 Å². The van der Waals surface area contributed by atoms with Gasteiger partial charge in [0.25, 0.3) is 0 Å². The van der Waals surface area contributed by atoms with Crippen LogP contribution in [-0.2, 0) is 4.43 Å². The maximum Gasteiger partial charge on any atom is 0.192 e. The van der Waals surface area contributed by atoms with Gasteiger partial charge in [-0.3, -0.25) is 0 Å². The Hall–Kier alpha value is 0.0969. The summed E-state index contributed by atoms with van der Waals surface area (Å²) in [6.45, 7) is 1.56. The molecule has 1 saturated heterocycles. The van der Waals surface area contributed by atoms with Crippen molar-refractivity contribution in [1.82, 2.24) is 0 Å². The number of hydrogen-bond acceptors (Lipinski definition) is 3. The molecule has 2 N–H and O–H groups in total. The van der Waals surface area contributed by atoms with Crippen molar-refractivity contribution in [3.05, 3.63) is 0 Å². The molecular weight excluding hydrogens is 220 g/mol. The molecule has 0 aromatic heterocycles. The van der Waals surface area contributed by atoms with Gasteiger partial charge in [0.15, 0.2) is 8.32 Å². The summed E-state index contributed by atoms with van der Waals surface area (Å²) in [6, 6.07) is 3.71. The average Bonchev–Trinajstić information content (AvgIpc) is 2.31. The van der Waals surface area contributed by atoms with E-state index in [4.69, 9.17) is 14.6 Å². The molecule has 1 heterocycles. The van der Waals surface area contributed by atoms with Crippen LogP contribution in [0.4, 0.5) is 0 Å². The van der Waals surface area contributed by atoms with Crippen LogP contribution in [0.15, 0.2) is 0 Å². The molecule has 0 amide bonds. The second kappa shape index (κ2) is 8.23. The van der Waals surface area contributed by atoms with Gasteiger partial charge in [0.05, 0.1) is 0 Å². The number of rotatable bonds is 8. The van der Waals surface area contributed by atoms with Crippen LogP contribution in [0, 0.1) is 0 Å². The van der Waals surface area contributed by atoms with Gasteiger partial charge in [-0.2, -0.15) is 0 Å². The molecular formula is C12H26O3Si. The van der Waals surface area contributed by atoms with Gasteiger partial charge in [-0.15, -0.1) is 0 Å². The van der Waals surface area contributed by atoms with Crippen LogP contribution < -0.4 is 0 Å². The smallest absolute Gasteiger partial charge is 0.192 e. The van der Waals surface area contributed by atoms with Crippen LogP contribution in [0.25, 0.3) is 0 Å². The quantitative estimate of drug-likeness (QED) is 0.510. The molecule has 0 unspecified atom stereocenters. The Balaban J connectivity index is 2.33. The summed E-state index contributed by atoms with van der Waals surface area (Å²) in [5.41, 5.74) is 0. The van der Waals surface area contributed by atoms with Crippen molar-refractivity contribution in [3.63, 3.8) is 0 Å². The lowest BCUT2D eigenvalue weighted by molar-refractivity contribution is 0.254. The standard InChI is InChI=1S/C12H26O3Si/c13-7-1-4-10-16(11-5-2-8-14)12-6-3-9-15-16/h13-14H,1-12H2. The Kier molecular flexibility index (Phi) is 7.28. The normalized spacial score (nSPS) is 19.9. The minimum atomic E-state index is -1.48. The lowest BCUT2D eigenvalue weighted by Gasteiger charge is -2.35. The molecule has 1 fully saturated rings. The van der Waals surface area contributed by atoms with Crippen molar-refractivity contribution in [2.75, 3.05) is 19.8 Å². The SMILES string of the molecule is OCCCC[Si]1(CCCCO)CCCCO1. The molecule has 16 heavy (non-hydrogen) atoms. The van der Waals surface area contributed by atoms with Crippen molar-refractivity contribution in [3.8, 4) is 0 Å². The molecule has 1 aliphatic heterocycles. The molecule has 0 atom stereocenters. The van der Waals surface area contributed by atoms with E-state index in [2.05, 4.69) is 0 Å². The number of aliphatic hydroxyl groups excluding tert-OH is 2. The predicted molar refractivity (Wildman–Crippen MR) is 68.0 cm³/mol. The lowest BCUT2D eigenvalue weighted by atomic mass is 10.3. The highest BCUT2D eigenvalue weighted by Crippen LogP contribution is 2.32. The van der Waals surface area contributed by atoms with E-state index in [0.717, 1.165) is 32.3 Å². The molecule has 0 saturated carbocycles. The molecule has 0 aromatic carbocycles. The Bertz CT molecular complexity index is 158. The summed E-state index contributed by atoms with van der Waals surface area (Å²) in [7, 11) is -1.48. The zero-order chi connectivity index (χ0) is 11.7. The third kappa shape index (κ3) is 4.95. The van der Waals surface area contributed by atoms with Gasteiger partial charge in [-0.25, -0.2) is 0 Å². The van der Waals surface area contributed by atoms with Crippen molar-refractivity contribution >= 4 is 8.32 Å². The van der Waals surface area contributed by atoms with E-state index in [1.165, 1.54) is 31.0 Å². The van der Waals surface area contributed by atoms with Gasteiger partial charge in [0.2, 0.25) is 0 Å². The molecule has 0 radical (unpaired) electrons. The van der Waals surface area contributed by atoms with E-state index in [1.807, 2.05) is 0 Å². The Labute approximate surface area is 100.0 Å². The Morgan fingerprint density at radius 3 is 1.94 bits per heavy atom. The summed E-state index contributed by atoms with van der Waals surface area (Å²) in [4.78, 5) is 0. The van der Waals surface area contributed by atoms with Crippen LogP contribution in [0.1, 0.15) is 38.5 Å². The van der Waals surface area contributed by atoms with Crippen LogP contribution in [0.3, 0.4) is 0 Å². The third-order valence-electron chi connectivity index (χ3n) is 3.52. The maximum absolute atomic E-state index is 8.84. The largest absolute Gasteiger partial charge is 0.417 e. The second-order valence-corrected chi connectivity index (χ2v) is 9.00. The minimum absolute atomic E-state index is 0.307. The fourth-order valence-corrected chi connectivity index (χ4v) is 6.99. The van der Waals surface area contributed by atoms with E-state index in [-0.39, 0.29) is 0 Å². The molecule has 0 aromatic rings. The van der Waals surface area contributed by atoms with Gasteiger partial charge < -0.3 is 14.6 Å². The first-order valence-corrected chi connectivity index (χ1v) is 9.22. The van der Waals surface area contributed by atoms with Crippen molar-refractivity contribution in [2.45, 2.75) is 56.7 Å².